The lowest BCUT2D eigenvalue weighted by Crippen LogP contribution is -2.59. The van der Waals surface area contributed by atoms with E-state index in [4.69, 9.17) is 0 Å². The molecule has 2 aliphatic heterocycles. The van der Waals surface area contributed by atoms with Gasteiger partial charge >= 0.3 is 0 Å². The smallest absolute Gasteiger partial charge is 0.253 e. The van der Waals surface area contributed by atoms with Crippen LogP contribution in [0.15, 0.2) is 85.2 Å². The highest BCUT2D eigenvalue weighted by Crippen LogP contribution is 2.34. The van der Waals surface area contributed by atoms with Crippen LogP contribution in [0.25, 0.3) is 11.4 Å². The molecule has 0 spiro atoms. The van der Waals surface area contributed by atoms with E-state index in [0.29, 0.717) is 11.4 Å². The van der Waals surface area contributed by atoms with Crippen molar-refractivity contribution < 1.29 is 38.4 Å². The van der Waals surface area contributed by atoms with Crippen LogP contribution in [0.1, 0.15) is 149 Å². The number of nitrogens with one attached hydrogen (secondary N) is 8. The van der Waals surface area contributed by atoms with Crippen molar-refractivity contribution in [2.24, 2.45) is 10.8 Å². The zero-order valence-corrected chi connectivity index (χ0v) is 51.4. The molecule has 2 aliphatic carbocycles. The lowest BCUT2D eigenvalue weighted by Gasteiger charge is -2.36. The number of halogens is 2. The van der Waals surface area contributed by atoms with Crippen molar-refractivity contribution in [1.29, 1.82) is 0 Å². The molecular formula is C62H84Cl2N12O8. The molecule has 4 heterocycles. The first kappa shape index (κ1) is 66.1. The summed E-state index contributed by atoms with van der Waals surface area (Å²) in [5.41, 5.74) is 4.30. The summed E-state index contributed by atoms with van der Waals surface area (Å²) in [5, 5.41) is 24.2. The number of aromatic nitrogens is 2. The van der Waals surface area contributed by atoms with Gasteiger partial charge in [-0.05, 0) is 137 Å². The maximum atomic E-state index is 14.6. The van der Waals surface area contributed by atoms with Gasteiger partial charge in [-0.2, -0.15) is 0 Å². The number of likely N-dealkylation sites (tertiary alicyclic amines) is 2. The summed E-state index contributed by atoms with van der Waals surface area (Å²) >= 11 is 0. The highest BCUT2D eigenvalue weighted by Gasteiger charge is 2.48. The van der Waals surface area contributed by atoms with E-state index in [0.717, 1.165) is 49.7 Å². The van der Waals surface area contributed by atoms with E-state index in [1.54, 1.807) is 52.2 Å². The quantitative estimate of drug-likeness (QED) is 0.0691. The largest absolute Gasteiger partial charge is 0.347 e. The van der Waals surface area contributed by atoms with Crippen LogP contribution in [0.3, 0.4) is 0 Å². The third-order valence-electron chi connectivity index (χ3n) is 16.6. The van der Waals surface area contributed by atoms with Crippen LogP contribution in [0.5, 0.6) is 0 Å². The molecule has 2 aromatic carbocycles. The summed E-state index contributed by atoms with van der Waals surface area (Å²) in [6.07, 6.45) is 8.21. The first-order valence-electron chi connectivity index (χ1n) is 28.8. The van der Waals surface area contributed by atoms with Gasteiger partial charge in [0.25, 0.3) is 11.8 Å². The van der Waals surface area contributed by atoms with E-state index in [1.165, 1.54) is 33.3 Å². The Bertz CT molecular complexity index is 2820. The molecule has 2 saturated heterocycles. The zero-order valence-electron chi connectivity index (χ0n) is 49.8. The van der Waals surface area contributed by atoms with Gasteiger partial charge in [0.2, 0.25) is 35.4 Å². The molecular weight excluding hydrogens is 1110 g/mol. The molecule has 8 amide bonds. The number of aryl methyl sites for hydroxylation is 2. The fourth-order valence-electron chi connectivity index (χ4n) is 11.5. The number of hydrogen-bond acceptors (Lipinski definition) is 12. The molecule has 4 aliphatic rings. The third kappa shape index (κ3) is 15.5. The van der Waals surface area contributed by atoms with E-state index < -0.39 is 82.8 Å². The number of benzene rings is 2. The highest BCUT2D eigenvalue weighted by molar-refractivity contribution is 5.98. The van der Waals surface area contributed by atoms with Crippen molar-refractivity contribution in [3.05, 3.63) is 119 Å². The standard InChI is InChI=1S/C62H82N12O8.2ClH/c1-35(63-9)53(75)71-51(61(3,4)5)59(81)73-33-41(29-49(73)57(79)69-45-23-15-19-37-17-11-13-21-43(37)45)67-55(77)39-25-27-47(65-31-39)48-28-26-40(32-66-48)56(78)68-42-30-50(58(80)70-46-24-16-20-38-18-12-14-22-44(38)46)74(34-42)60(82)52(62(6,7)8)72-54(76)36(2)64-10;;/h11-14,17-18,21-22,25-28,31-32,35-36,41-42,45-46,49-52,63-64H,15-16,19-20,23-24,29-30,33-34H2,1-10H3,(H,67,77)(H,68,78)(H,69,79)(H,70,80)(H,71,75)(H,72,76);2*1H/t35-,36-,41-,42-,45+,46?,49?,50-,51+,52+;;/m0../s1. The number of hydrogen-bond donors (Lipinski definition) is 8. The molecule has 10 atom stereocenters. The van der Waals surface area contributed by atoms with Crippen molar-refractivity contribution in [2.75, 3.05) is 27.2 Å². The molecule has 0 bridgehead atoms. The summed E-state index contributed by atoms with van der Waals surface area (Å²) < 4.78 is 0. The molecule has 8 rings (SSSR count). The molecule has 2 unspecified atom stereocenters. The Kier molecular flexibility index (Phi) is 22.3. The van der Waals surface area contributed by atoms with Crippen LogP contribution < -0.4 is 42.5 Å². The molecule has 84 heavy (non-hydrogen) atoms. The second-order valence-corrected chi connectivity index (χ2v) is 24.6. The van der Waals surface area contributed by atoms with Crippen molar-refractivity contribution >= 4 is 72.1 Å². The number of likely N-dealkylation sites (N-methyl/N-ethyl adjacent to an activating group) is 2. The van der Waals surface area contributed by atoms with Crippen LogP contribution in [0.4, 0.5) is 0 Å². The van der Waals surface area contributed by atoms with Crippen LogP contribution in [0, 0.1) is 10.8 Å². The van der Waals surface area contributed by atoms with Crippen molar-refractivity contribution in [3.63, 3.8) is 0 Å². The van der Waals surface area contributed by atoms with E-state index >= 15 is 0 Å². The molecule has 0 radical (unpaired) electrons. The molecule has 8 N–H and O–H groups in total. The number of amides is 8. The number of pyridine rings is 2. The van der Waals surface area contributed by atoms with Crippen LogP contribution in [-0.2, 0) is 41.6 Å². The van der Waals surface area contributed by atoms with Gasteiger partial charge in [-0.1, -0.05) is 90.1 Å². The van der Waals surface area contributed by atoms with E-state index in [1.807, 2.05) is 77.9 Å². The van der Waals surface area contributed by atoms with Crippen molar-refractivity contribution in [2.45, 2.75) is 167 Å². The molecule has 4 aromatic rings. The molecule has 20 nitrogen and oxygen atoms in total. The number of carbonyl (C=O) groups excluding carboxylic acids is 8. The first-order chi connectivity index (χ1) is 38.9. The Morgan fingerprint density at radius 2 is 0.893 bits per heavy atom. The van der Waals surface area contributed by atoms with Gasteiger partial charge in [-0.25, -0.2) is 0 Å². The van der Waals surface area contributed by atoms with Gasteiger partial charge in [-0.15, -0.1) is 24.8 Å². The van der Waals surface area contributed by atoms with E-state index in [-0.39, 0.29) is 97.6 Å². The Labute approximate surface area is 505 Å². The maximum absolute atomic E-state index is 14.6. The lowest BCUT2D eigenvalue weighted by molar-refractivity contribution is -0.144. The number of nitrogens with zero attached hydrogens (tertiary/aromatic N) is 4. The summed E-state index contributed by atoms with van der Waals surface area (Å²) in [6, 6.07) is 15.8. The summed E-state index contributed by atoms with van der Waals surface area (Å²) in [7, 11) is 3.32. The average molecular weight is 1200 g/mol. The molecule has 0 saturated carbocycles. The first-order valence-corrected chi connectivity index (χ1v) is 28.8. The van der Waals surface area contributed by atoms with Crippen LogP contribution in [0.2, 0.25) is 0 Å². The fraction of sp³-hybridized carbons (Fsp3) is 0.516. The summed E-state index contributed by atoms with van der Waals surface area (Å²) in [6.45, 7) is 14.6. The highest BCUT2D eigenvalue weighted by atomic mass is 35.5. The maximum Gasteiger partial charge on any atom is 0.253 e. The Morgan fingerprint density at radius 1 is 0.524 bits per heavy atom. The van der Waals surface area contributed by atoms with Gasteiger partial charge < -0.3 is 52.3 Å². The minimum atomic E-state index is -0.972. The second-order valence-electron chi connectivity index (χ2n) is 24.6. The van der Waals surface area contributed by atoms with Gasteiger partial charge in [0.05, 0.1) is 46.7 Å². The van der Waals surface area contributed by atoms with Crippen LogP contribution >= 0.6 is 24.8 Å². The Hall–Kier alpha value is -7.00. The minimum absolute atomic E-state index is 0. The second kappa shape index (κ2) is 28.3. The molecule has 454 valence electrons. The predicted octanol–water partition coefficient (Wildman–Crippen LogP) is 5.05. The SMILES string of the molecule is CN[C@@H](C)C(=O)N[C@H](C(=O)N1C[C@@H](NC(=O)c2ccc(-c3ccc(C(=O)N[C@H]4C[C@@H](C(=O)NC5CCCc6ccccc65)N(C(=O)[C@@H](NC(=O)[C@H](C)NC)C(C)(C)C)C4)cn3)nc2)CC1C(=O)N[C@@H]1CCCc2ccccc21)C(C)(C)C.Cl.Cl. The molecule has 2 aromatic heterocycles. The van der Waals surface area contributed by atoms with Gasteiger partial charge in [-0.3, -0.25) is 48.3 Å². The Morgan fingerprint density at radius 3 is 1.23 bits per heavy atom. The third-order valence-corrected chi connectivity index (χ3v) is 16.6. The number of fused-ring (bicyclic) bond motifs is 2. The monoisotopic (exact) mass is 1190 g/mol. The Balaban J connectivity index is 0.00000566. The molecule has 22 heteroatoms. The van der Waals surface area contributed by atoms with Crippen molar-refractivity contribution in [3.8, 4) is 11.4 Å². The fourth-order valence-corrected chi connectivity index (χ4v) is 11.5. The minimum Gasteiger partial charge on any atom is -0.347 e. The average Bonchev–Trinajstić information content (AvgIpc) is 4.19. The molecule has 2 fully saturated rings. The lowest BCUT2D eigenvalue weighted by atomic mass is 9.85. The van der Waals surface area contributed by atoms with Gasteiger partial charge in [0.1, 0.15) is 24.2 Å². The van der Waals surface area contributed by atoms with Crippen LogP contribution in [-0.4, -0.2) is 143 Å². The summed E-state index contributed by atoms with van der Waals surface area (Å²) in [5.74, 6) is -3.16. The number of carbonyl (C=O) groups is 8. The van der Waals surface area contributed by atoms with Crippen molar-refractivity contribution in [1.82, 2.24) is 62.3 Å². The number of rotatable bonds is 17. The topological polar surface area (TPSA) is 265 Å². The van der Waals surface area contributed by atoms with E-state index in [2.05, 4.69) is 64.6 Å². The predicted molar refractivity (Wildman–Crippen MR) is 325 cm³/mol. The van der Waals surface area contributed by atoms with E-state index in [9.17, 15) is 38.4 Å². The summed E-state index contributed by atoms with van der Waals surface area (Å²) in [4.78, 5) is 124. The zero-order chi connectivity index (χ0) is 59.2. The van der Waals surface area contributed by atoms with Gasteiger partial charge in [0.15, 0.2) is 0 Å². The van der Waals surface area contributed by atoms with Gasteiger partial charge in [0, 0.05) is 37.6 Å². The normalized spacial score (nSPS) is 21.5.